The lowest BCUT2D eigenvalue weighted by Gasteiger charge is -2.17. The van der Waals surface area contributed by atoms with E-state index in [-0.39, 0.29) is 30.2 Å². The smallest absolute Gasteiger partial charge is 0.293 e. The maximum atomic E-state index is 12.9. The van der Waals surface area contributed by atoms with Gasteiger partial charge in [-0.15, -0.1) is 0 Å². The van der Waals surface area contributed by atoms with Crippen molar-refractivity contribution in [3.8, 4) is 11.5 Å². The van der Waals surface area contributed by atoms with E-state index in [0.717, 1.165) is 43.3 Å². The molecule has 0 N–H and O–H groups in total. The Morgan fingerprint density at radius 2 is 1.88 bits per heavy atom. The Hall–Kier alpha value is -2.97. The van der Waals surface area contributed by atoms with Crippen molar-refractivity contribution in [2.24, 2.45) is 0 Å². The van der Waals surface area contributed by atoms with Crippen molar-refractivity contribution in [2.45, 2.75) is 26.3 Å². The zero-order chi connectivity index (χ0) is 24.1. The minimum Gasteiger partial charge on any atom is -0.490 e. The SMILES string of the molecule is CCOc1cc(/C=C2\SC(=O)N(Cc3cccc(Cl)c3)C2=O)ccc1OCC(=O)N1CCCC1. The molecule has 0 unspecified atom stereocenters. The average Bonchev–Trinajstić information content (AvgIpc) is 3.44. The van der Waals surface area contributed by atoms with Crippen LogP contribution in [0.4, 0.5) is 4.79 Å². The first-order valence-electron chi connectivity index (χ1n) is 11.1. The highest BCUT2D eigenvalue weighted by atomic mass is 35.5. The van der Waals surface area contributed by atoms with Crippen LogP contribution in [0, 0.1) is 0 Å². The molecule has 0 atom stereocenters. The Labute approximate surface area is 207 Å². The summed E-state index contributed by atoms with van der Waals surface area (Å²) in [5, 5.41) is 0.217. The summed E-state index contributed by atoms with van der Waals surface area (Å²) in [5.41, 5.74) is 1.47. The number of imide groups is 1. The third-order valence-corrected chi connectivity index (χ3v) is 6.62. The zero-order valence-electron chi connectivity index (χ0n) is 18.8. The quantitative estimate of drug-likeness (QED) is 0.476. The van der Waals surface area contributed by atoms with Crippen LogP contribution in [0.3, 0.4) is 0 Å². The summed E-state index contributed by atoms with van der Waals surface area (Å²) in [7, 11) is 0. The van der Waals surface area contributed by atoms with Crippen LogP contribution in [0.25, 0.3) is 6.08 Å². The first-order chi connectivity index (χ1) is 16.4. The molecule has 0 bridgehead atoms. The summed E-state index contributed by atoms with van der Waals surface area (Å²) in [6, 6.07) is 12.3. The molecule has 2 fully saturated rings. The van der Waals surface area contributed by atoms with E-state index >= 15 is 0 Å². The van der Waals surface area contributed by atoms with Crippen molar-refractivity contribution in [1.82, 2.24) is 9.80 Å². The molecule has 7 nitrogen and oxygen atoms in total. The highest BCUT2D eigenvalue weighted by Crippen LogP contribution is 2.35. The molecule has 3 amide bonds. The number of nitrogens with zero attached hydrogens (tertiary/aromatic N) is 2. The van der Waals surface area contributed by atoms with Crippen LogP contribution in [-0.4, -0.2) is 53.2 Å². The van der Waals surface area contributed by atoms with Crippen molar-refractivity contribution in [2.75, 3.05) is 26.3 Å². The molecular weight excluding hydrogens is 476 g/mol. The van der Waals surface area contributed by atoms with Gasteiger partial charge in [0.1, 0.15) is 0 Å². The zero-order valence-corrected chi connectivity index (χ0v) is 20.4. The van der Waals surface area contributed by atoms with E-state index in [1.54, 1.807) is 47.4 Å². The molecule has 2 saturated heterocycles. The van der Waals surface area contributed by atoms with Gasteiger partial charge < -0.3 is 14.4 Å². The Balaban J connectivity index is 1.47. The summed E-state index contributed by atoms with van der Waals surface area (Å²) < 4.78 is 11.4. The molecule has 34 heavy (non-hydrogen) atoms. The molecule has 0 spiro atoms. The average molecular weight is 501 g/mol. The van der Waals surface area contributed by atoms with Crippen molar-refractivity contribution < 1.29 is 23.9 Å². The van der Waals surface area contributed by atoms with Crippen LogP contribution in [0.2, 0.25) is 5.02 Å². The van der Waals surface area contributed by atoms with E-state index in [2.05, 4.69) is 0 Å². The maximum Gasteiger partial charge on any atom is 0.293 e. The molecule has 9 heteroatoms. The van der Waals surface area contributed by atoms with Crippen LogP contribution >= 0.6 is 23.4 Å². The molecule has 2 aromatic rings. The monoisotopic (exact) mass is 500 g/mol. The van der Waals surface area contributed by atoms with Crippen LogP contribution < -0.4 is 9.47 Å². The fourth-order valence-electron chi connectivity index (χ4n) is 3.80. The molecule has 178 valence electrons. The predicted octanol–water partition coefficient (Wildman–Crippen LogP) is 4.98. The Bertz CT molecular complexity index is 1130. The molecule has 0 aliphatic carbocycles. The standard InChI is InChI=1S/C25H25ClN2O5S/c1-2-32-21-13-17(8-9-20(21)33-16-23(29)27-10-3-4-11-27)14-22-24(30)28(25(31)34-22)15-18-6-5-7-19(26)12-18/h5-9,12-14H,2-4,10-11,15-16H2,1H3/b22-14-. The number of benzene rings is 2. The lowest BCUT2D eigenvalue weighted by molar-refractivity contribution is -0.132. The van der Waals surface area contributed by atoms with Gasteiger partial charge in [0, 0.05) is 18.1 Å². The van der Waals surface area contributed by atoms with Crippen molar-refractivity contribution in [3.63, 3.8) is 0 Å². The second-order valence-electron chi connectivity index (χ2n) is 7.91. The van der Waals surface area contributed by atoms with Gasteiger partial charge in [-0.2, -0.15) is 0 Å². The number of amides is 3. The summed E-state index contributed by atoms with van der Waals surface area (Å²) in [6.45, 7) is 3.91. The lowest BCUT2D eigenvalue weighted by atomic mass is 10.1. The third-order valence-electron chi connectivity index (χ3n) is 5.48. The Kier molecular flexibility index (Phi) is 7.80. The highest BCUT2D eigenvalue weighted by molar-refractivity contribution is 8.18. The molecule has 0 radical (unpaired) electrons. The van der Waals surface area contributed by atoms with Gasteiger partial charge in [-0.1, -0.05) is 29.8 Å². The van der Waals surface area contributed by atoms with E-state index in [9.17, 15) is 14.4 Å². The first kappa shape index (κ1) is 24.2. The fraction of sp³-hybridized carbons (Fsp3) is 0.320. The second kappa shape index (κ2) is 11.0. The van der Waals surface area contributed by atoms with E-state index < -0.39 is 0 Å². The number of hydrogen-bond acceptors (Lipinski definition) is 6. The predicted molar refractivity (Wildman–Crippen MR) is 132 cm³/mol. The summed E-state index contributed by atoms with van der Waals surface area (Å²) in [4.78, 5) is 41.0. The van der Waals surface area contributed by atoms with Gasteiger partial charge in [0.15, 0.2) is 18.1 Å². The molecule has 2 aromatic carbocycles. The third kappa shape index (κ3) is 5.74. The Morgan fingerprint density at radius 3 is 2.62 bits per heavy atom. The van der Waals surface area contributed by atoms with Gasteiger partial charge >= 0.3 is 0 Å². The summed E-state index contributed by atoms with van der Waals surface area (Å²) in [5.74, 6) is 0.533. The molecule has 0 saturated carbocycles. The number of halogens is 1. The van der Waals surface area contributed by atoms with Crippen molar-refractivity contribution >= 4 is 46.5 Å². The molecule has 0 aromatic heterocycles. The van der Waals surface area contributed by atoms with Crippen LogP contribution in [0.1, 0.15) is 30.9 Å². The van der Waals surface area contributed by atoms with E-state index in [1.165, 1.54) is 4.90 Å². The van der Waals surface area contributed by atoms with E-state index in [1.807, 2.05) is 13.0 Å². The van der Waals surface area contributed by atoms with Gasteiger partial charge in [-0.25, -0.2) is 0 Å². The number of carbonyl (C=O) groups excluding carboxylic acids is 3. The number of rotatable bonds is 8. The fourth-order valence-corrected chi connectivity index (χ4v) is 4.86. The first-order valence-corrected chi connectivity index (χ1v) is 12.3. The second-order valence-corrected chi connectivity index (χ2v) is 9.34. The molecular formula is C25H25ClN2O5S. The molecule has 2 aliphatic heterocycles. The van der Waals surface area contributed by atoms with Crippen molar-refractivity contribution in [3.05, 3.63) is 63.5 Å². The minimum atomic E-state index is -0.357. The van der Waals surface area contributed by atoms with Gasteiger partial charge in [0.05, 0.1) is 18.1 Å². The van der Waals surface area contributed by atoms with Gasteiger partial charge in [0.2, 0.25) is 0 Å². The van der Waals surface area contributed by atoms with Gasteiger partial charge in [0.25, 0.3) is 17.1 Å². The maximum absolute atomic E-state index is 12.9. The molecule has 2 aliphatic rings. The number of hydrogen-bond donors (Lipinski definition) is 0. The molecule has 2 heterocycles. The van der Waals surface area contributed by atoms with Crippen LogP contribution in [0.5, 0.6) is 11.5 Å². The van der Waals surface area contributed by atoms with E-state index in [4.69, 9.17) is 21.1 Å². The minimum absolute atomic E-state index is 0.0441. The summed E-state index contributed by atoms with van der Waals surface area (Å²) in [6.07, 6.45) is 3.70. The topological polar surface area (TPSA) is 76.1 Å². The highest BCUT2D eigenvalue weighted by Gasteiger charge is 2.35. The number of carbonyl (C=O) groups is 3. The van der Waals surface area contributed by atoms with Gasteiger partial charge in [-0.05, 0) is 73.0 Å². The van der Waals surface area contributed by atoms with Crippen molar-refractivity contribution in [1.29, 1.82) is 0 Å². The summed E-state index contributed by atoms with van der Waals surface area (Å²) >= 11 is 6.91. The van der Waals surface area contributed by atoms with Gasteiger partial charge in [-0.3, -0.25) is 19.3 Å². The van der Waals surface area contributed by atoms with Crippen LogP contribution in [-0.2, 0) is 16.1 Å². The number of thioether (sulfide) groups is 1. The normalized spacial score (nSPS) is 17.1. The Morgan fingerprint density at radius 1 is 1.09 bits per heavy atom. The molecule has 4 rings (SSSR count). The number of ether oxygens (including phenoxy) is 2. The number of likely N-dealkylation sites (tertiary alicyclic amines) is 1. The van der Waals surface area contributed by atoms with E-state index in [0.29, 0.717) is 33.6 Å². The largest absolute Gasteiger partial charge is 0.490 e. The lowest BCUT2D eigenvalue weighted by Crippen LogP contribution is -2.32. The van der Waals surface area contributed by atoms with Crippen LogP contribution in [0.15, 0.2) is 47.4 Å².